The van der Waals surface area contributed by atoms with Crippen LogP contribution in [0.3, 0.4) is 0 Å². The van der Waals surface area contributed by atoms with Gasteiger partial charge in [-0.15, -0.1) is 0 Å². The van der Waals surface area contributed by atoms with Gasteiger partial charge in [0.2, 0.25) is 0 Å². The summed E-state index contributed by atoms with van der Waals surface area (Å²) in [6, 6.07) is 20.4. The topological polar surface area (TPSA) is 82.6 Å². The predicted octanol–water partition coefficient (Wildman–Crippen LogP) is 7.16. The van der Waals surface area contributed by atoms with Gasteiger partial charge in [0.15, 0.2) is 9.84 Å². The van der Waals surface area contributed by atoms with Gasteiger partial charge < -0.3 is 10.2 Å². The quantitative estimate of drug-likeness (QED) is 0.215. The van der Waals surface area contributed by atoms with Crippen LogP contribution in [0.1, 0.15) is 60.1 Å². The van der Waals surface area contributed by atoms with Gasteiger partial charge in [-0.2, -0.15) is 0 Å². The summed E-state index contributed by atoms with van der Waals surface area (Å²) in [6.07, 6.45) is 5.83. The van der Waals surface area contributed by atoms with Crippen LogP contribution in [0.4, 0.5) is 0 Å². The van der Waals surface area contributed by atoms with Crippen molar-refractivity contribution in [1.82, 2.24) is 20.1 Å². The Balaban J connectivity index is 1.50. The lowest BCUT2D eigenvalue weighted by Gasteiger charge is -2.37. The molecule has 0 unspecified atom stereocenters. The Morgan fingerprint density at radius 3 is 2.33 bits per heavy atom. The average molecular weight is 666 g/mol. The molecule has 0 saturated carbocycles. The number of piperidine rings is 1. The number of nitrogens with zero attached hydrogens (tertiary/aromatic N) is 3. The molecule has 0 aliphatic carbocycles. The second-order valence-electron chi connectivity index (χ2n) is 12.2. The molecular formula is C35H38Cl2N4O3S. The van der Waals surface area contributed by atoms with Crippen molar-refractivity contribution in [2.75, 3.05) is 32.4 Å². The lowest BCUT2D eigenvalue weighted by Crippen LogP contribution is -2.43. The van der Waals surface area contributed by atoms with Gasteiger partial charge in [0, 0.05) is 35.4 Å². The van der Waals surface area contributed by atoms with Crippen LogP contribution in [0.15, 0.2) is 71.6 Å². The number of carbonyl (C=O) groups excluding carboxylic acids is 1. The number of amides is 1. The zero-order chi connectivity index (χ0) is 31.7. The Morgan fingerprint density at radius 2 is 1.67 bits per heavy atom. The Kier molecular flexibility index (Phi) is 9.50. The van der Waals surface area contributed by atoms with Crippen LogP contribution in [-0.2, 0) is 16.4 Å². The molecule has 1 atom stereocenters. The molecule has 3 heterocycles. The lowest BCUT2D eigenvalue weighted by molar-refractivity contribution is 0.0936. The molecule has 0 spiro atoms. The largest absolute Gasteiger partial charge is 0.345 e. The number of halogens is 2. The standard InChI is InChI=1S/C35H38Cl2N4O3S/c1-23(24-9-4-3-5-10-24)38-35(42)32-27-11-8-12-31(45(2,43)44)34(27)39-33(25-13-14-29(36)30(37)21-25)28(32)22-40-19-15-26(16-20-40)41-17-6-7-18-41/h3-5,8-14,21,23,26H,6-7,15-20,22H2,1-2H3,(H,38,42)/t23-/m0/s1. The summed E-state index contributed by atoms with van der Waals surface area (Å²) in [7, 11) is -3.66. The Bertz CT molecular complexity index is 1820. The number of rotatable bonds is 8. The van der Waals surface area contributed by atoms with Crippen molar-refractivity contribution in [3.05, 3.63) is 93.5 Å². The highest BCUT2D eigenvalue weighted by molar-refractivity contribution is 7.91. The van der Waals surface area contributed by atoms with Gasteiger partial charge in [-0.25, -0.2) is 13.4 Å². The molecule has 10 heteroatoms. The van der Waals surface area contributed by atoms with Crippen LogP contribution in [-0.4, -0.2) is 67.6 Å². The Morgan fingerprint density at radius 1 is 0.956 bits per heavy atom. The summed E-state index contributed by atoms with van der Waals surface area (Å²) in [5.74, 6) is -0.285. The fourth-order valence-corrected chi connectivity index (χ4v) is 7.89. The van der Waals surface area contributed by atoms with Crippen molar-refractivity contribution >= 4 is 49.8 Å². The van der Waals surface area contributed by atoms with E-state index in [1.807, 2.05) is 43.3 Å². The number of hydrogen-bond acceptors (Lipinski definition) is 6. The first kappa shape index (κ1) is 32.0. The van der Waals surface area contributed by atoms with Crippen molar-refractivity contribution in [2.45, 2.75) is 56.1 Å². The van der Waals surface area contributed by atoms with E-state index in [1.54, 1.807) is 30.3 Å². The van der Waals surface area contributed by atoms with Gasteiger partial charge in [0.25, 0.3) is 5.91 Å². The minimum Gasteiger partial charge on any atom is -0.345 e. The molecule has 0 radical (unpaired) electrons. The molecule has 1 N–H and O–H groups in total. The van der Waals surface area contributed by atoms with Crippen molar-refractivity contribution < 1.29 is 13.2 Å². The van der Waals surface area contributed by atoms with Crippen molar-refractivity contribution in [2.24, 2.45) is 0 Å². The Labute approximate surface area is 275 Å². The van der Waals surface area contributed by atoms with E-state index in [0.29, 0.717) is 44.8 Å². The molecule has 1 amide bonds. The summed E-state index contributed by atoms with van der Waals surface area (Å²) >= 11 is 12.8. The molecule has 2 aliphatic heterocycles. The molecular weight excluding hydrogens is 627 g/mol. The minimum atomic E-state index is -3.66. The summed E-state index contributed by atoms with van der Waals surface area (Å²) in [5, 5.41) is 4.45. The first-order valence-electron chi connectivity index (χ1n) is 15.5. The molecule has 2 aliphatic rings. The van der Waals surface area contributed by atoms with E-state index >= 15 is 0 Å². The second-order valence-corrected chi connectivity index (χ2v) is 15.0. The highest BCUT2D eigenvalue weighted by Crippen LogP contribution is 2.37. The molecule has 6 rings (SSSR count). The summed E-state index contributed by atoms with van der Waals surface area (Å²) in [6.45, 7) is 6.56. The minimum absolute atomic E-state index is 0.0736. The first-order valence-corrected chi connectivity index (χ1v) is 18.2. The van der Waals surface area contributed by atoms with E-state index in [-0.39, 0.29) is 22.4 Å². The predicted molar refractivity (Wildman–Crippen MR) is 182 cm³/mol. The summed E-state index contributed by atoms with van der Waals surface area (Å²) in [5.41, 5.74) is 3.59. The van der Waals surface area contributed by atoms with Crippen molar-refractivity contribution in [3.63, 3.8) is 0 Å². The normalized spacial score (nSPS) is 17.5. The van der Waals surface area contributed by atoms with Gasteiger partial charge in [0.1, 0.15) is 0 Å². The van der Waals surface area contributed by atoms with Gasteiger partial charge in [-0.05, 0) is 82.5 Å². The fourth-order valence-electron chi connectivity index (χ4n) is 6.76. The van der Waals surface area contributed by atoms with Crippen LogP contribution in [0.5, 0.6) is 0 Å². The highest BCUT2D eigenvalue weighted by atomic mass is 35.5. The molecule has 7 nitrogen and oxygen atoms in total. The zero-order valence-corrected chi connectivity index (χ0v) is 27.9. The first-order chi connectivity index (χ1) is 21.6. The van der Waals surface area contributed by atoms with E-state index in [0.717, 1.165) is 43.3 Å². The van der Waals surface area contributed by atoms with E-state index in [4.69, 9.17) is 28.2 Å². The van der Waals surface area contributed by atoms with Crippen molar-refractivity contribution in [1.29, 1.82) is 0 Å². The maximum absolute atomic E-state index is 14.4. The number of pyridine rings is 1. The lowest BCUT2D eigenvalue weighted by atomic mass is 9.94. The second kappa shape index (κ2) is 13.4. The van der Waals surface area contributed by atoms with Crippen LogP contribution in [0.2, 0.25) is 10.0 Å². The number of para-hydroxylation sites is 1. The summed E-state index contributed by atoms with van der Waals surface area (Å²) in [4.78, 5) is 24.5. The van der Waals surface area contributed by atoms with Gasteiger partial charge in [-0.1, -0.05) is 71.7 Å². The number of benzene rings is 3. The molecule has 3 aromatic carbocycles. The molecule has 236 valence electrons. The fraction of sp³-hybridized carbons (Fsp3) is 0.371. The third-order valence-corrected chi connectivity index (χ3v) is 11.0. The smallest absolute Gasteiger partial charge is 0.252 e. The monoisotopic (exact) mass is 664 g/mol. The van der Waals surface area contributed by atoms with Crippen LogP contribution in [0.25, 0.3) is 22.2 Å². The number of fused-ring (bicyclic) bond motifs is 1. The molecule has 2 fully saturated rings. The SMILES string of the molecule is C[C@H](NC(=O)c1c(CN2CCC(N3CCCC3)CC2)c(-c2ccc(Cl)c(Cl)c2)nc2c(S(C)(=O)=O)cccc12)c1ccccc1. The van der Waals surface area contributed by atoms with Crippen molar-refractivity contribution in [3.8, 4) is 11.3 Å². The maximum atomic E-state index is 14.4. The van der Waals surface area contributed by atoms with Gasteiger partial charge in [0.05, 0.1) is 37.8 Å². The van der Waals surface area contributed by atoms with E-state index in [1.165, 1.54) is 25.9 Å². The van der Waals surface area contributed by atoms with Crippen LogP contribution >= 0.6 is 23.2 Å². The number of carbonyl (C=O) groups is 1. The highest BCUT2D eigenvalue weighted by Gasteiger charge is 2.30. The van der Waals surface area contributed by atoms with E-state index in [2.05, 4.69) is 15.1 Å². The third kappa shape index (κ3) is 6.91. The Hall–Kier alpha value is -3.01. The number of hydrogen-bond donors (Lipinski definition) is 1. The number of nitrogens with one attached hydrogen (secondary N) is 1. The van der Waals surface area contributed by atoms with E-state index < -0.39 is 9.84 Å². The molecule has 2 saturated heterocycles. The van der Waals surface area contributed by atoms with Crippen LogP contribution < -0.4 is 5.32 Å². The molecule has 45 heavy (non-hydrogen) atoms. The average Bonchev–Trinajstić information content (AvgIpc) is 3.57. The maximum Gasteiger partial charge on any atom is 0.252 e. The van der Waals surface area contributed by atoms with Gasteiger partial charge >= 0.3 is 0 Å². The number of aromatic nitrogens is 1. The molecule has 4 aromatic rings. The van der Waals surface area contributed by atoms with Gasteiger partial charge in [-0.3, -0.25) is 9.69 Å². The van der Waals surface area contributed by atoms with Crippen LogP contribution in [0, 0.1) is 0 Å². The number of likely N-dealkylation sites (tertiary alicyclic amines) is 2. The molecule has 0 bridgehead atoms. The number of sulfone groups is 1. The van der Waals surface area contributed by atoms with E-state index in [9.17, 15) is 13.2 Å². The summed E-state index contributed by atoms with van der Waals surface area (Å²) < 4.78 is 26.0. The third-order valence-electron chi connectivity index (χ3n) is 9.14. The zero-order valence-electron chi connectivity index (χ0n) is 25.6. The molecule has 1 aromatic heterocycles.